The number of nitrogens with one attached hydrogen (secondary N) is 1. The van der Waals surface area contributed by atoms with Crippen LogP contribution in [0.3, 0.4) is 0 Å². The van der Waals surface area contributed by atoms with Gasteiger partial charge in [0.05, 0.1) is 0 Å². The SMILES string of the molecule is NC1CC2CCCC(C1)C2NC(=O)C1CCCC1. The van der Waals surface area contributed by atoms with Crippen LogP contribution in [0.5, 0.6) is 0 Å². The zero-order valence-electron chi connectivity index (χ0n) is 11.2. The van der Waals surface area contributed by atoms with E-state index in [4.69, 9.17) is 5.73 Å². The first-order valence-electron chi connectivity index (χ1n) is 7.80. The minimum atomic E-state index is 0.307. The van der Waals surface area contributed by atoms with Crippen LogP contribution in [0.2, 0.25) is 0 Å². The summed E-state index contributed by atoms with van der Waals surface area (Å²) in [5.41, 5.74) is 6.13. The molecule has 1 amide bonds. The smallest absolute Gasteiger partial charge is 0.223 e. The van der Waals surface area contributed by atoms with Crippen LogP contribution < -0.4 is 11.1 Å². The second-order valence-electron chi connectivity index (χ2n) is 6.70. The Morgan fingerprint density at radius 2 is 1.56 bits per heavy atom. The highest BCUT2D eigenvalue weighted by Gasteiger charge is 2.40. The van der Waals surface area contributed by atoms with Crippen molar-refractivity contribution in [1.29, 1.82) is 0 Å². The second-order valence-corrected chi connectivity index (χ2v) is 6.70. The first kappa shape index (κ1) is 12.5. The Kier molecular flexibility index (Phi) is 3.60. The van der Waals surface area contributed by atoms with Crippen LogP contribution in [0.25, 0.3) is 0 Å². The van der Waals surface area contributed by atoms with Crippen LogP contribution in [0.1, 0.15) is 57.8 Å². The molecule has 3 rings (SSSR count). The largest absolute Gasteiger partial charge is 0.353 e. The van der Waals surface area contributed by atoms with Crippen LogP contribution in [0, 0.1) is 17.8 Å². The molecule has 3 aliphatic rings. The fraction of sp³-hybridized carbons (Fsp3) is 0.933. The number of rotatable bonds is 2. The molecule has 0 saturated heterocycles. The highest BCUT2D eigenvalue weighted by molar-refractivity contribution is 5.79. The van der Waals surface area contributed by atoms with Gasteiger partial charge in [0.25, 0.3) is 0 Å². The number of amides is 1. The molecule has 0 aliphatic heterocycles. The number of carbonyl (C=O) groups is 1. The summed E-state index contributed by atoms with van der Waals surface area (Å²) in [6, 6.07) is 0.812. The summed E-state index contributed by atoms with van der Waals surface area (Å²) in [6.45, 7) is 0. The van der Waals surface area contributed by atoms with Crippen LogP contribution in [-0.4, -0.2) is 18.0 Å². The topological polar surface area (TPSA) is 55.1 Å². The molecule has 3 heteroatoms. The molecule has 0 spiro atoms. The molecule has 2 unspecified atom stereocenters. The molecule has 2 atom stereocenters. The van der Waals surface area contributed by atoms with Crippen molar-refractivity contribution in [3.8, 4) is 0 Å². The van der Waals surface area contributed by atoms with Crippen molar-refractivity contribution in [3.63, 3.8) is 0 Å². The minimum Gasteiger partial charge on any atom is -0.353 e. The molecular weight excluding hydrogens is 224 g/mol. The maximum Gasteiger partial charge on any atom is 0.223 e. The summed E-state index contributed by atoms with van der Waals surface area (Å²) in [7, 11) is 0. The van der Waals surface area contributed by atoms with E-state index in [0.717, 1.165) is 25.7 Å². The highest BCUT2D eigenvalue weighted by Crippen LogP contribution is 2.40. The quantitative estimate of drug-likeness (QED) is 0.789. The number of fused-ring (bicyclic) bond motifs is 2. The third-order valence-electron chi connectivity index (χ3n) is 5.41. The van der Waals surface area contributed by atoms with Gasteiger partial charge in [0.1, 0.15) is 0 Å². The van der Waals surface area contributed by atoms with E-state index in [1.165, 1.54) is 32.1 Å². The molecule has 102 valence electrons. The van der Waals surface area contributed by atoms with Crippen molar-refractivity contribution in [2.75, 3.05) is 0 Å². The predicted octanol–water partition coefficient (Wildman–Crippen LogP) is 2.20. The van der Waals surface area contributed by atoms with Crippen LogP contribution >= 0.6 is 0 Å². The van der Waals surface area contributed by atoms with Gasteiger partial charge in [0, 0.05) is 18.0 Å². The van der Waals surface area contributed by atoms with E-state index < -0.39 is 0 Å². The van der Waals surface area contributed by atoms with Gasteiger partial charge in [0.2, 0.25) is 5.91 Å². The van der Waals surface area contributed by atoms with Crippen molar-refractivity contribution in [3.05, 3.63) is 0 Å². The molecule has 3 N–H and O–H groups in total. The van der Waals surface area contributed by atoms with Gasteiger partial charge in [-0.25, -0.2) is 0 Å². The van der Waals surface area contributed by atoms with E-state index >= 15 is 0 Å². The lowest BCUT2D eigenvalue weighted by Crippen LogP contribution is -2.54. The Morgan fingerprint density at radius 1 is 0.944 bits per heavy atom. The zero-order valence-corrected chi connectivity index (χ0v) is 11.2. The molecule has 0 heterocycles. The van der Waals surface area contributed by atoms with E-state index in [9.17, 15) is 4.79 Å². The van der Waals surface area contributed by atoms with Gasteiger partial charge >= 0.3 is 0 Å². The first-order chi connectivity index (χ1) is 8.74. The molecule has 3 nitrogen and oxygen atoms in total. The molecule has 18 heavy (non-hydrogen) atoms. The van der Waals surface area contributed by atoms with Crippen molar-refractivity contribution >= 4 is 5.91 Å². The lowest BCUT2D eigenvalue weighted by atomic mass is 9.67. The van der Waals surface area contributed by atoms with E-state index in [2.05, 4.69) is 5.32 Å². The Bertz CT molecular complexity index is 298. The van der Waals surface area contributed by atoms with E-state index in [0.29, 0.717) is 35.7 Å². The standard InChI is InChI=1S/C15H26N2O/c16-13-8-11-6-3-7-12(9-13)14(11)17-15(18)10-4-1-2-5-10/h10-14H,1-9,16H2,(H,17,18). The van der Waals surface area contributed by atoms with Gasteiger partial charge in [-0.15, -0.1) is 0 Å². The normalized spacial score (nSPS) is 40.7. The summed E-state index contributed by atoms with van der Waals surface area (Å²) in [5.74, 6) is 1.95. The van der Waals surface area contributed by atoms with Gasteiger partial charge in [0.15, 0.2) is 0 Å². The monoisotopic (exact) mass is 250 g/mol. The summed E-state index contributed by atoms with van der Waals surface area (Å²) < 4.78 is 0. The molecule has 3 fully saturated rings. The van der Waals surface area contributed by atoms with Crippen LogP contribution in [0.15, 0.2) is 0 Å². The van der Waals surface area contributed by atoms with E-state index in [1.54, 1.807) is 0 Å². The molecular formula is C15H26N2O. The average molecular weight is 250 g/mol. The van der Waals surface area contributed by atoms with Crippen molar-refractivity contribution in [2.45, 2.75) is 69.9 Å². The van der Waals surface area contributed by atoms with Gasteiger partial charge in [-0.3, -0.25) is 4.79 Å². The Hall–Kier alpha value is -0.570. The van der Waals surface area contributed by atoms with Crippen LogP contribution in [0.4, 0.5) is 0 Å². The predicted molar refractivity (Wildman–Crippen MR) is 71.9 cm³/mol. The van der Waals surface area contributed by atoms with E-state index in [1.807, 2.05) is 0 Å². The van der Waals surface area contributed by atoms with Crippen molar-refractivity contribution in [2.24, 2.45) is 23.5 Å². The number of nitrogens with two attached hydrogens (primary N) is 1. The summed E-state index contributed by atoms with van der Waals surface area (Å²) in [5, 5.41) is 3.39. The molecule has 3 saturated carbocycles. The molecule has 0 aromatic rings. The maximum atomic E-state index is 12.3. The van der Waals surface area contributed by atoms with Gasteiger partial charge < -0.3 is 11.1 Å². The second kappa shape index (κ2) is 5.20. The molecule has 2 bridgehead atoms. The fourth-order valence-electron chi connectivity index (χ4n) is 4.49. The Morgan fingerprint density at radius 3 is 2.17 bits per heavy atom. The Balaban J connectivity index is 1.62. The molecule has 3 aliphatic carbocycles. The van der Waals surface area contributed by atoms with Crippen molar-refractivity contribution < 1.29 is 4.79 Å². The first-order valence-corrected chi connectivity index (χ1v) is 7.80. The zero-order chi connectivity index (χ0) is 12.5. The lowest BCUT2D eigenvalue weighted by Gasteiger charge is -2.45. The van der Waals surface area contributed by atoms with Crippen LogP contribution in [-0.2, 0) is 4.79 Å². The van der Waals surface area contributed by atoms with Crippen molar-refractivity contribution in [1.82, 2.24) is 5.32 Å². The number of hydrogen-bond donors (Lipinski definition) is 2. The average Bonchev–Trinajstić information content (AvgIpc) is 2.83. The molecule has 0 radical (unpaired) electrons. The summed E-state index contributed by atoms with van der Waals surface area (Å²) >= 11 is 0. The highest BCUT2D eigenvalue weighted by atomic mass is 16.1. The molecule has 0 aromatic heterocycles. The van der Waals surface area contributed by atoms with E-state index in [-0.39, 0.29) is 0 Å². The molecule has 0 aromatic carbocycles. The summed E-state index contributed by atoms with van der Waals surface area (Å²) in [6.07, 6.45) is 10.8. The van der Waals surface area contributed by atoms with Gasteiger partial charge in [-0.05, 0) is 50.4 Å². The van der Waals surface area contributed by atoms with Gasteiger partial charge in [-0.1, -0.05) is 19.3 Å². The number of hydrogen-bond acceptors (Lipinski definition) is 2. The van der Waals surface area contributed by atoms with Gasteiger partial charge in [-0.2, -0.15) is 0 Å². The third-order valence-corrected chi connectivity index (χ3v) is 5.41. The summed E-state index contributed by atoms with van der Waals surface area (Å²) in [4.78, 5) is 12.3. The lowest BCUT2D eigenvalue weighted by molar-refractivity contribution is -0.127. The fourth-order valence-corrected chi connectivity index (χ4v) is 4.49. The minimum absolute atomic E-state index is 0.307. The maximum absolute atomic E-state index is 12.3. The Labute approximate surface area is 110 Å². The third kappa shape index (κ3) is 2.42. The number of carbonyl (C=O) groups excluding carboxylic acids is 1.